The molecule has 0 spiro atoms. The molecule has 0 aliphatic rings. The van der Waals surface area contributed by atoms with Crippen LogP contribution in [0.1, 0.15) is 11.1 Å². The molecular formula is C24H23F3N6O. The summed E-state index contributed by atoms with van der Waals surface area (Å²) in [7, 11) is 5.23. The van der Waals surface area contributed by atoms with Gasteiger partial charge >= 0.3 is 12.2 Å². The number of benzene rings is 2. The van der Waals surface area contributed by atoms with Crippen LogP contribution in [0.5, 0.6) is 0 Å². The predicted octanol–water partition coefficient (Wildman–Crippen LogP) is 5.36. The molecule has 176 valence electrons. The third-order valence-electron chi connectivity index (χ3n) is 5.29. The van der Waals surface area contributed by atoms with Crippen LogP contribution in [0.2, 0.25) is 0 Å². The number of hydrogen-bond acceptors (Lipinski definition) is 4. The Bertz CT molecular complexity index is 1330. The topological polar surface area (TPSA) is 75.1 Å². The summed E-state index contributed by atoms with van der Waals surface area (Å²) >= 11 is 0. The molecule has 2 aromatic heterocycles. The third kappa shape index (κ3) is 5.01. The fourth-order valence-electron chi connectivity index (χ4n) is 3.71. The van der Waals surface area contributed by atoms with Gasteiger partial charge in [0, 0.05) is 42.1 Å². The van der Waals surface area contributed by atoms with Crippen molar-refractivity contribution in [3.8, 4) is 11.1 Å². The average Bonchev–Trinajstić information content (AvgIpc) is 3.15. The maximum atomic E-state index is 13.5. The lowest BCUT2D eigenvalue weighted by atomic mass is 10.0. The first-order valence-corrected chi connectivity index (χ1v) is 10.4. The van der Waals surface area contributed by atoms with Crippen molar-refractivity contribution < 1.29 is 18.0 Å². The van der Waals surface area contributed by atoms with Gasteiger partial charge in [-0.05, 0) is 49.5 Å². The highest BCUT2D eigenvalue weighted by Gasteiger charge is 2.33. The van der Waals surface area contributed by atoms with Crippen LogP contribution in [-0.4, -0.2) is 39.8 Å². The fraction of sp³-hybridized carbons (Fsp3) is 0.208. The lowest BCUT2D eigenvalue weighted by Crippen LogP contribution is -2.21. The lowest BCUT2D eigenvalue weighted by molar-refractivity contribution is -0.138. The highest BCUT2D eigenvalue weighted by molar-refractivity contribution is 6.00. The minimum Gasteiger partial charge on any atom is -0.308 e. The third-order valence-corrected chi connectivity index (χ3v) is 5.29. The minimum absolute atomic E-state index is 0.0540. The number of halogens is 3. The van der Waals surface area contributed by atoms with Gasteiger partial charge in [0.2, 0.25) is 0 Å². The van der Waals surface area contributed by atoms with E-state index in [2.05, 4.69) is 20.7 Å². The van der Waals surface area contributed by atoms with E-state index in [0.29, 0.717) is 5.69 Å². The summed E-state index contributed by atoms with van der Waals surface area (Å²) in [4.78, 5) is 18.3. The van der Waals surface area contributed by atoms with E-state index in [4.69, 9.17) is 0 Å². The number of alkyl halides is 3. The highest BCUT2D eigenvalue weighted by atomic mass is 19.4. The smallest absolute Gasteiger partial charge is 0.308 e. The zero-order valence-corrected chi connectivity index (χ0v) is 18.8. The fourth-order valence-corrected chi connectivity index (χ4v) is 3.71. The molecule has 34 heavy (non-hydrogen) atoms. The predicted molar refractivity (Wildman–Crippen MR) is 125 cm³/mol. The van der Waals surface area contributed by atoms with Crippen molar-refractivity contribution in [1.82, 2.24) is 19.7 Å². The highest BCUT2D eigenvalue weighted by Crippen LogP contribution is 2.34. The number of fused-ring (bicyclic) bond motifs is 1. The van der Waals surface area contributed by atoms with Gasteiger partial charge in [-0.2, -0.15) is 18.3 Å². The molecule has 4 aromatic rings. The Morgan fingerprint density at radius 2 is 1.68 bits per heavy atom. The first kappa shape index (κ1) is 23.2. The number of hydrogen-bond donors (Lipinski definition) is 2. The van der Waals surface area contributed by atoms with Gasteiger partial charge in [-0.1, -0.05) is 18.2 Å². The van der Waals surface area contributed by atoms with E-state index in [1.165, 1.54) is 12.1 Å². The van der Waals surface area contributed by atoms with Crippen LogP contribution in [0.25, 0.3) is 22.0 Å². The van der Waals surface area contributed by atoms with Crippen molar-refractivity contribution in [1.29, 1.82) is 0 Å². The molecule has 10 heteroatoms. The van der Waals surface area contributed by atoms with Crippen LogP contribution in [0.15, 0.2) is 61.1 Å². The molecule has 0 atom stereocenters. The van der Waals surface area contributed by atoms with Gasteiger partial charge in [0.25, 0.3) is 0 Å². The number of rotatable bonds is 5. The average molecular weight is 468 g/mol. The van der Waals surface area contributed by atoms with E-state index in [0.717, 1.165) is 28.1 Å². The summed E-state index contributed by atoms with van der Waals surface area (Å²) in [6.07, 6.45) is 0.729. The molecule has 0 saturated heterocycles. The quantitative estimate of drug-likeness (QED) is 0.414. The van der Waals surface area contributed by atoms with Crippen molar-refractivity contribution >= 4 is 28.3 Å². The maximum Gasteiger partial charge on any atom is 0.416 e. The molecule has 2 N–H and O–H groups in total. The molecule has 4 rings (SSSR count). The molecular weight excluding hydrogens is 445 g/mol. The molecule has 2 heterocycles. The van der Waals surface area contributed by atoms with Crippen molar-refractivity contribution in [3.05, 3.63) is 72.2 Å². The standard InChI is InChI=1S/C24H23F3N6O/c1-32(2)14-16-6-9-18(10-21(16)24(25,26)27)31-23(34)30-17-7-4-15(5-8-17)19-11-28-13-22-20(19)12-29-33(22)3/h4-13H,14H2,1-3H3,(H2,30,31,34). The number of carbonyl (C=O) groups is 1. The number of carbonyl (C=O) groups excluding carboxylic acids is 1. The molecule has 0 radical (unpaired) electrons. The van der Waals surface area contributed by atoms with Gasteiger partial charge in [-0.25, -0.2) is 4.79 Å². The van der Waals surface area contributed by atoms with E-state index in [1.54, 1.807) is 54.4 Å². The molecule has 0 aliphatic heterocycles. The summed E-state index contributed by atoms with van der Waals surface area (Å²) in [6, 6.07) is 10.2. The van der Waals surface area contributed by atoms with Gasteiger partial charge in [0.15, 0.2) is 0 Å². The monoisotopic (exact) mass is 468 g/mol. The van der Waals surface area contributed by atoms with Gasteiger partial charge in [-0.15, -0.1) is 0 Å². The Morgan fingerprint density at radius 1 is 1.00 bits per heavy atom. The normalized spacial score (nSPS) is 11.7. The largest absolute Gasteiger partial charge is 0.416 e. The molecule has 0 unspecified atom stereocenters. The number of amides is 2. The van der Waals surface area contributed by atoms with Gasteiger partial charge < -0.3 is 15.5 Å². The second-order valence-corrected chi connectivity index (χ2v) is 8.15. The number of nitrogens with one attached hydrogen (secondary N) is 2. The van der Waals surface area contributed by atoms with E-state index in [-0.39, 0.29) is 17.8 Å². The second kappa shape index (κ2) is 9.14. The van der Waals surface area contributed by atoms with Crippen molar-refractivity contribution in [2.24, 2.45) is 7.05 Å². The first-order chi connectivity index (χ1) is 16.1. The number of pyridine rings is 1. The zero-order valence-electron chi connectivity index (χ0n) is 18.8. The summed E-state index contributed by atoms with van der Waals surface area (Å²) < 4.78 is 42.2. The van der Waals surface area contributed by atoms with E-state index in [1.807, 2.05) is 19.2 Å². The van der Waals surface area contributed by atoms with Crippen LogP contribution in [0, 0.1) is 0 Å². The number of aromatic nitrogens is 3. The minimum atomic E-state index is -4.53. The second-order valence-electron chi connectivity index (χ2n) is 8.15. The van der Waals surface area contributed by atoms with Crippen LogP contribution < -0.4 is 10.6 Å². The molecule has 0 aliphatic carbocycles. The molecule has 0 fully saturated rings. The Hall–Kier alpha value is -3.92. The van der Waals surface area contributed by atoms with Crippen LogP contribution in [-0.2, 0) is 19.8 Å². The number of urea groups is 1. The molecule has 7 nitrogen and oxygen atoms in total. The number of aryl methyl sites for hydroxylation is 1. The van der Waals surface area contributed by atoms with E-state index in [9.17, 15) is 18.0 Å². The van der Waals surface area contributed by atoms with E-state index < -0.39 is 17.8 Å². The van der Waals surface area contributed by atoms with Crippen LogP contribution in [0.4, 0.5) is 29.3 Å². The SMILES string of the molecule is CN(C)Cc1ccc(NC(=O)Nc2ccc(-c3cncc4c3cnn4C)cc2)cc1C(F)(F)F. The maximum absolute atomic E-state index is 13.5. The van der Waals surface area contributed by atoms with Crippen molar-refractivity contribution in [2.45, 2.75) is 12.7 Å². The molecule has 0 bridgehead atoms. The van der Waals surface area contributed by atoms with Crippen molar-refractivity contribution in [3.63, 3.8) is 0 Å². The Labute approximate surface area is 194 Å². The summed E-state index contributed by atoms with van der Waals surface area (Å²) in [5.41, 5.74) is 2.60. The van der Waals surface area contributed by atoms with Gasteiger partial charge in [0.1, 0.15) is 0 Å². The summed E-state index contributed by atoms with van der Waals surface area (Å²) in [5.74, 6) is 0. The lowest BCUT2D eigenvalue weighted by Gasteiger charge is -2.18. The Balaban J connectivity index is 1.48. The van der Waals surface area contributed by atoms with Gasteiger partial charge in [0.05, 0.1) is 23.5 Å². The Kier molecular flexibility index (Phi) is 6.25. The van der Waals surface area contributed by atoms with Gasteiger partial charge in [-0.3, -0.25) is 9.67 Å². The molecule has 0 saturated carbocycles. The van der Waals surface area contributed by atoms with Crippen LogP contribution in [0.3, 0.4) is 0 Å². The molecule has 2 amide bonds. The summed E-state index contributed by atoms with van der Waals surface area (Å²) in [5, 5.41) is 10.3. The van der Waals surface area contributed by atoms with Crippen LogP contribution >= 0.6 is 0 Å². The number of anilines is 2. The number of nitrogens with zero attached hydrogens (tertiary/aromatic N) is 4. The zero-order chi connectivity index (χ0) is 24.5. The molecule has 2 aromatic carbocycles. The first-order valence-electron chi connectivity index (χ1n) is 10.4. The Morgan fingerprint density at radius 3 is 2.35 bits per heavy atom. The van der Waals surface area contributed by atoms with E-state index >= 15 is 0 Å². The van der Waals surface area contributed by atoms with Crippen molar-refractivity contribution in [2.75, 3.05) is 24.7 Å². The summed E-state index contributed by atoms with van der Waals surface area (Å²) in [6.45, 7) is 0.135.